The van der Waals surface area contributed by atoms with Crippen LogP contribution >= 0.6 is 15.9 Å². The average Bonchev–Trinajstić information content (AvgIpc) is 2.95. The number of amides is 1. The fourth-order valence-electron chi connectivity index (χ4n) is 3.76. The van der Waals surface area contributed by atoms with Crippen LogP contribution in [0.5, 0.6) is 0 Å². The first-order valence-corrected chi connectivity index (χ1v) is 10.4. The van der Waals surface area contributed by atoms with Crippen LogP contribution in [0.15, 0.2) is 83.0 Å². The summed E-state index contributed by atoms with van der Waals surface area (Å²) < 4.78 is 0.908. The van der Waals surface area contributed by atoms with Crippen LogP contribution in [0.4, 0.5) is 0 Å². The minimum absolute atomic E-state index is 0.179. The van der Waals surface area contributed by atoms with Crippen molar-refractivity contribution in [1.29, 1.82) is 0 Å². The highest BCUT2D eigenvalue weighted by molar-refractivity contribution is 9.10. The molecule has 1 aliphatic rings. The molecule has 4 rings (SSSR count). The van der Waals surface area contributed by atoms with E-state index in [1.165, 1.54) is 5.56 Å². The number of aryl methyl sites for hydroxylation is 2. The van der Waals surface area contributed by atoms with Gasteiger partial charge in [-0.05, 0) is 36.6 Å². The van der Waals surface area contributed by atoms with Crippen molar-refractivity contribution in [3.8, 4) is 0 Å². The Bertz CT molecular complexity index is 1080. The molecule has 0 saturated carbocycles. The molecule has 1 N–H and O–H groups in total. The smallest absolute Gasteiger partial charge is 0.290 e. The molecule has 1 unspecified atom stereocenters. The van der Waals surface area contributed by atoms with Crippen molar-refractivity contribution >= 4 is 27.4 Å². The molecule has 1 amide bonds. The Hall–Kier alpha value is -2.85. The van der Waals surface area contributed by atoms with Gasteiger partial charge in [0.2, 0.25) is 0 Å². The topological polar surface area (TPSA) is 40.5 Å². The Morgan fingerprint density at radius 3 is 2.10 bits per heavy atom. The lowest BCUT2D eigenvalue weighted by Crippen LogP contribution is -2.30. The zero-order valence-electron chi connectivity index (χ0n) is 16.4. The van der Waals surface area contributed by atoms with E-state index in [0.29, 0.717) is 12.1 Å². The van der Waals surface area contributed by atoms with Gasteiger partial charge in [-0.1, -0.05) is 93.8 Å². The monoisotopic (exact) mass is 447 g/mol. The van der Waals surface area contributed by atoms with Gasteiger partial charge in [0, 0.05) is 16.6 Å². The summed E-state index contributed by atoms with van der Waals surface area (Å²) in [7, 11) is 0. The molecule has 0 radical (unpaired) electrons. The molecule has 146 valence electrons. The Morgan fingerprint density at radius 2 is 1.48 bits per heavy atom. The normalized spacial score (nSPS) is 16.6. The van der Waals surface area contributed by atoms with E-state index < -0.39 is 0 Å². The molecule has 0 fully saturated rings. The van der Waals surface area contributed by atoms with E-state index in [9.17, 15) is 9.90 Å². The van der Waals surface area contributed by atoms with Gasteiger partial charge in [0.05, 0.1) is 6.04 Å². The third-order valence-electron chi connectivity index (χ3n) is 5.34. The lowest BCUT2D eigenvalue weighted by atomic mass is 9.93. The summed E-state index contributed by atoms with van der Waals surface area (Å²) in [5, 5.41) is 10.9. The third kappa shape index (κ3) is 3.73. The quantitative estimate of drug-likeness (QED) is 0.523. The molecule has 1 aliphatic heterocycles. The number of carbonyl (C=O) groups excluding carboxylic acids is 1. The summed E-state index contributed by atoms with van der Waals surface area (Å²) in [6, 6.07) is 23.6. The van der Waals surface area contributed by atoms with Crippen LogP contribution in [0.3, 0.4) is 0 Å². The first-order valence-electron chi connectivity index (χ1n) is 9.57. The van der Waals surface area contributed by atoms with Crippen molar-refractivity contribution in [3.05, 3.63) is 111 Å². The summed E-state index contributed by atoms with van der Waals surface area (Å²) in [6.07, 6.45) is 0. The molecule has 0 spiro atoms. The van der Waals surface area contributed by atoms with Crippen LogP contribution in [-0.2, 0) is 11.3 Å². The largest absolute Gasteiger partial charge is 0.503 e. The second-order valence-corrected chi connectivity index (χ2v) is 8.33. The van der Waals surface area contributed by atoms with E-state index in [1.807, 2.05) is 86.6 Å². The van der Waals surface area contributed by atoms with Crippen molar-refractivity contribution < 1.29 is 9.90 Å². The van der Waals surface area contributed by atoms with Crippen LogP contribution in [-0.4, -0.2) is 15.9 Å². The number of hydrogen-bond donors (Lipinski definition) is 1. The SMILES string of the molecule is Cc1ccc(CN2C(=O)C(O)=C(c3ccc(C)cc3)C2c2ccccc2Br)cc1. The number of hydrogen-bond acceptors (Lipinski definition) is 2. The molecule has 1 heterocycles. The molecular formula is C25H22BrNO2. The summed E-state index contributed by atoms with van der Waals surface area (Å²) in [4.78, 5) is 14.9. The first-order chi connectivity index (χ1) is 14.0. The van der Waals surface area contributed by atoms with Gasteiger partial charge in [0.1, 0.15) is 0 Å². The van der Waals surface area contributed by atoms with Gasteiger partial charge in [-0.25, -0.2) is 0 Å². The Kier molecular flexibility index (Phi) is 5.29. The lowest BCUT2D eigenvalue weighted by Gasteiger charge is -2.28. The second kappa shape index (κ2) is 7.88. The molecule has 0 aliphatic carbocycles. The minimum Gasteiger partial charge on any atom is -0.503 e. The second-order valence-electron chi connectivity index (χ2n) is 7.47. The summed E-state index contributed by atoms with van der Waals surface area (Å²) in [6.45, 7) is 4.48. The number of carbonyl (C=O) groups is 1. The maximum Gasteiger partial charge on any atom is 0.290 e. The van der Waals surface area contributed by atoms with Gasteiger partial charge in [-0.3, -0.25) is 4.79 Å². The fraction of sp³-hybridized carbons (Fsp3) is 0.160. The molecule has 3 aromatic carbocycles. The highest BCUT2D eigenvalue weighted by Crippen LogP contribution is 2.45. The van der Waals surface area contributed by atoms with Crippen LogP contribution in [0.25, 0.3) is 5.57 Å². The number of benzene rings is 3. The molecule has 0 aromatic heterocycles. The highest BCUT2D eigenvalue weighted by atomic mass is 79.9. The van der Waals surface area contributed by atoms with Gasteiger partial charge in [-0.2, -0.15) is 0 Å². The minimum atomic E-state index is -0.373. The number of aliphatic hydroxyl groups is 1. The predicted molar refractivity (Wildman–Crippen MR) is 119 cm³/mol. The Labute approximate surface area is 179 Å². The zero-order chi connectivity index (χ0) is 20.5. The van der Waals surface area contributed by atoms with E-state index in [-0.39, 0.29) is 17.7 Å². The Balaban J connectivity index is 1.83. The standard InChI is InChI=1S/C25H22BrNO2/c1-16-7-11-18(12-8-16)15-27-23(20-5-3-4-6-21(20)26)22(24(28)25(27)29)19-13-9-17(2)10-14-19/h3-14,23,28H,15H2,1-2H3. The molecule has 3 aromatic rings. The summed E-state index contributed by atoms with van der Waals surface area (Å²) in [5.74, 6) is -0.524. The number of rotatable bonds is 4. The van der Waals surface area contributed by atoms with Gasteiger partial charge < -0.3 is 10.0 Å². The Morgan fingerprint density at radius 1 is 0.897 bits per heavy atom. The number of aliphatic hydroxyl groups excluding tert-OH is 1. The number of nitrogens with zero attached hydrogens (tertiary/aromatic N) is 1. The molecule has 29 heavy (non-hydrogen) atoms. The zero-order valence-corrected chi connectivity index (χ0v) is 18.0. The van der Waals surface area contributed by atoms with Crippen molar-refractivity contribution in [1.82, 2.24) is 4.90 Å². The molecule has 1 atom stereocenters. The average molecular weight is 448 g/mol. The van der Waals surface area contributed by atoms with E-state index in [2.05, 4.69) is 15.9 Å². The summed E-state index contributed by atoms with van der Waals surface area (Å²) >= 11 is 3.64. The van der Waals surface area contributed by atoms with Crippen molar-refractivity contribution in [2.75, 3.05) is 0 Å². The molecule has 0 saturated heterocycles. The molecule has 3 nitrogen and oxygen atoms in total. The van der Waals surface area contributed by atoms with E-state index >= 15 is 0 Å². The predicted octanol–water partition coefficient (Wildman–Crippen LogP) is 6.12. The number of halogens is 1. The van der Waals surface area contributed by atoms with Crippen LogP contribution in [0, 0.1) is 13.8 Å². The van der Waals surface area contributed by atoms with Gasteiger partial charge >= 0.3 is 0 Å². The van der Waals surface area contributed by atoms with Gasteiger partial charge in [0.25, 0.3) is 5.91 Å². The maximum atomic E-state index is 13.1. The summed E-state index contributed by atoms with van der Waals surface area (Å²) in [5.41, 5.74) is 5.78. The van der Waals surface area contributed by atoms with E-state index in [4.69, 9.17) is 0 Å². The van der Waals surface area contributed by atoms with Crippen LogP contribution in [0.2, 0.25) is 0 Å². The van der Waals surface area contributed by atoms with Crippen molar-refractivity contribution in [2.24, 2.45) is 0 Å². The molecule has 4 heteroatoms. The van der Waals surface area contributed by atoms with Crippen LogP contribution < -0.4 is 0 Å². The van der Waals surface area contributed by atoms with Gasteiger partial charge in [0.15, 0.2) is 5.76 Å². The fourth-order valence-corrected chi connectivity index (χ4v) is 4.26. The lowest BCUT2D eigenvalue weighted by molar-refractivity contribution is -0.130. The van der Waals surface area contributed by atoms with Gasteiger partial charge in [-0.15, -0.1) is 0 Å². The van der Waals surface area contributed by atoms with Crippen molar-refractivity contribution in [3.63, 3.8) is 0 Å². The van der Waals surface area contributed by atoms with Crippen LogP contribution in [0.1, 0.15) is 33.9 Å². The van der Waals surface area contributed by atoms with E-state index in [0.717, 1.165) is 26.7 Å². The maximum absolute atomic E-state index is 13.1. The first kappa shape index (κ1) is 19.5. The highest BCUT2D eigenvalue weighted by Gasteiger charge is 2.41. The third-order valence-corrected chi connectivity index (χ3v) is 6.06. The van der Waals surface area contributed by atoms with E-state index in [1.54, 1.807) is 4.90 Å². The van der Waals surface area contributed by atoms with Crippen molar-refractivity contribution in [2.45, 2.75) is 26.4 Å². The molecular weight excluding hydrogens is 426 g/mol. The molecule has 0 bridgehead atoms.